The van der Waals surface area contributed by atoms with Crippen LogP contribution in [0.2, 0.25) is 0 Å². The molecule has 1 fully saturated rings. The maximum atomic E-state index is 6.02. The predicted molar refractivity (Wildman–Crippen MR) is 71.4 cm³/mol. The number of hydrogen-bond acceptors (Lipinski definition) is 5. The van der Waals surface area contributed by atoms with Crippen LogP contribution in [0.4, 0.5) is 5.69 Å². The van der Waals surface area contributed by atoms with E-state index in [1.54, 1.807) is 0 Å². The molecule has 2 heterocycles. The third-order valence-corrected chi connectivity index (χ3v) is 3.75. The van der Waals surface area contributed by atoms with Crippen LogP contribution < -0.4 is 5.73 Å². The first-order valence-electron chi connectivity index (χ1n) is 6.42. The summed E-state index contributed by atoms with van der Waals surface area (Å²) in [6, 6.07) is 7.65. The molecule has 0 unspecified atom stereocenters. The van der Waals surface area contributed by atoms with Gasteiger partial charge in [0.15, 0.2) is 5.82 Å². The minimum atomic E-state index is -0.112. The van der Waals surface area contributed by atoms with Crippen molar-refractivity contribution < 1.29 is 4.74 Å². The number of nitrogen functional groups attached to an aromatic ring is 1. The molecule has 100 valence electrons. The number of nitrogens with zero attached hydrogens (tertiary/aromatic N) is 4. The molecule has 2 N–H and O–H groups in total. The van der Waals surface area contributed by atoms with E-state index in [0.29, 0.717) is 5.69 Å². The Bertz CT molecular complexity index is 574. The van der Waals surface area contributed by atoms with E-state index in [0.717, 1.165) is 37.4 Å². The summed E-state index contributed by atoms with van der Waals surface area (Å²) >= 11 is 0. The largest absolute Gasteiger partial charge is 0.398 e. The number of anilines is 1. The molecule has 6 nitrogen and oxygen atoms in total. The fraction of sp³-hybridized carbons (Fsp3) is 0.462. The number of para-hydroxylation sites is 1. The number of aromatic nitrogens is 4. The topological polar surface area (TPSA) is 78.9 Å². The summed E-state index contributed by atoms with van der Waals surface area (Å²) in [4.78, 5) is 0. The lowest BCUT2D eigenvalue weighted by Gasteiger charge is -2.33. The number of nitrogens with two attached hydrogens (primary N) is 1. The number of rotatable bonds is 2. The zero-order valence-corrected chi connectivity index (χ0v) is 10.9. The molecule has 0 atom stereocenters. The summed E-state index contributed by atoms with van der Waals surface area (Å²) < 4.78 is 7.32. The average molecular weight is 259 g/mol. The summed E-state index contributed by atoms with van der Waals surface area (Å²) in [6.07, 6.45) is 1.80. The van der Waals surface area contributed by atoms with E-state index in [4.69, 9.17) is 10.5 Å². The van der Waals surface area contributed by atoms with Crippen molar-refractivity contribution in [1.82, 2.24) is 20.2 Å². The van der Waals surface area contributed by atoms with E-state index < -0.39 is 0 Å². The third kappa shape index (κ3) is 2.08. The lowest BCUT2D eigenvalue weighted by molar-refractivity contribution is 0.0240. The van der Waals surface area contributed by atoms with Crippen LogP contribution in [-0.2, 0) is 10.3 Å². The smallest absolute Gasteiger partial charge is 0.184 e. The van der Waals surface area contributed by atoms with Crippen molar-refractivity contribution in [2.45, 2.75) is 25.3 Å². The first-order chi connectivity index (χ1) is 9.21. The second-order valence-electron chi connectivity index (χ2n) is 5.11. The molecule has 1 aliphatic heterocycles. The number of benzene rings is 1. The molecule has 0 radical (unpaired) electrons. The minimum Gasteiger partial charge on any atom is -0.398 e. The van der Waals surface area contributed by atoms with Gasteiger partial charge < -0.3 is 10.5 Å². The van der Waals surface area contributed by atoms with Crippen LogP contribution in [-0.4, -0.2) is 33.4 Å². The fourth-order valence-corrected chi connectivity index (χ4v) is 2.44. The van der Waals surface area contributed by atoms with Crippen molar-refractivity contribution in [3.63, 3.8) is 0 Å². The molecule has 1 aromatic carbocycles. The molecule has 3 rings (SSSR count). The second kappa shape index (κ2) is 4.62. The molecular formula is C13H17N5O. The van der Waals surface area contributed by atoms with Crippen LogP contribution in [0.3, 0.4) is 0 Å². The van der Waals surface area contributed by atoms with Gasteiger partial charge in [-0.2, -0.15) is 0 Å². The van der Waals surface area contributed by atoms with E-state index in [-0.39, 0.29) is 5.54 Å². The van der Waals surface area contributed by atoms with Gasteiger partial charge in [-0.05, 0) is 42.3 Å². The van der Waals surface area contributed by atoms with E-state index >= 15 is 0 Å². The van der Waals surface area contributed by atoms with Crippen LogP contribution in [0.15, 0.2) is 24.3 Å². The third-order valence-electron chi connectivity index (χ3n) is 3.75. The molecule has 1 aliphatic rings. The standard InChI is InChI=1S/C13H17N5O/c1-13(6-8-19-9-7-13)18-12(15-16-17-18)10-4-2-3-5-11(10)14/h2-5H,6-9,14H2,1H3. The van der Waals surface area contributed by atoms with Gasteiger partial charge in [0.1, 0.15) is 0 Å². The van der Waals surface area contributed by atoms with Crippen LogP contribution in [0, 0.1) is 0 Å². The summed E-state index contributed by atoms with van der Waals surface area (Å²) in [6.45, 7) is 3.63. The van der Waals surface area contributed by atoms with Gasteiger partial charge in [0.05, 0.1) is 5.54 Å². The normalized spacial score (nSPS) is 18.4. The molecule has 0 spiro atoms. The molecular weight excluding hydrogens is 242 g/mol. The average Bonchev–Trinajstić information content (AvgIpc) is 2.90. The molecule has 0 bridgehead atoms. The Morgan fingerprint density at radius 2 is 2.00 bits per heavy atom. The molecule has 0 aliphatic carbocycles. The van der Waals surface area contributed by atoms with Crippen LogP contribution >= 0.6 is 0 Å². The van der Waals surface area contributed by atoms with Crippen molar-refractivity contribution in [1.29, 1.82) is 0 Å². The maximum absolute atomic E-state index is 6.02. The van der Waals surface area contributed by atoms with Gasteiger partial charge in [0.25, 0.3) is 0 Å². The Morgan fingerprint density at radius 1 is 1.26 bits per heavy atom. The fourth-order valence-electron chi connectivity index (χ4n) is 2.44. The van der Waals surface area contributed by atoms with Crippen LogP contribution in [0.1, 0.15) is 19.8 Å². The van der Waals surface area contributed by atoms with Crippen molar-refractivity contribution in [3.05, 3.63) is 24.3 Å². The van der Waals surface area contributed by atoms with Crippen molar-refractivity contribution in [2.75, 3.05) is 18.9 Å². The number of ether oxygens (including phenoxy) is 1. The van der Waals surface area contributed by atoms with Crippen molar-refractivity contribution in [2.24, 2.45) is 0 Å². The predicted octanol–water partition coefficient (Wildman–Crippen LogP) is 1.45. The summed E-state index contributed by atoms with van der Waals surface area (Å²) in [5, 5.41) is 12.1. The minimum absolute atomic E-state index is 0.112. The Kier molecular flexibility index (Phi) is 2.94. The highest BCUT2D eigenvalue weighted by molar-refractivity contribution is 5.71. The molecule has 6 heteroatoms. The van der Waals surface area contributed by atoms with E-state index in [2.05, 4.69) is 22.4 Å². The molecule has 1 aromatic heterocycles. The molecule has 0 amide bonds. The highest BCUT2D eigenvalue weighted by Gasteiger charge is 2.33. The van der Waals surface area contributed by atoms with E-state index in [1.807, 2.05) is 28.9 Å². The zero-order valence-electron chi connectivity index (χ0n) is 10.9. The Morgan fingerprint density at radius 3 is 2.74 bits per heavy atom. The van der Waals surface area contributed by atoms with Crippen molar-refractivity contribution in [3.8, 4) is 11.4 Å². The highest BCUT2D eigenvalue weighted by atomic mass is 16.5. The summed E-state index contributed by atoms with van der Waals surface area (Å²) in [5.41, 5.74) is 7.47. The Hall–Kier alpha value is -1.95. The van der Waals surface area contributed by atoms with Gasteiger partial charge in [-0.3, -0.25) is 0 Å². The summed E-state index contributed by atoms with van der Waals surface area (Å²) in [5.74, 6) is 0.725. The Balaban J connectivity index is 2.06. The zero-order chi connectivity index (χ0) is 13.3. The number of tetrazole rings is 1. The molecule has 2 aromatic rings. The molecule has 0 saturated carbocycles. The Labute approximate surface area is 111 Å². The van der Waals surface area contributed by atoms with Crippen molar-refractivity contribution >= 4 is 5.69 Å². The maximum Gasteiger partial charge on any atom is 0.184 e. The van der Waals surface area contributed by atoms with E-state index in [1.165, 1.54) is 0 Å². The van der Waals surface area contributed by atoms with Gasteiger partial charge in [-0.15, -0.1) is 5.10 Å². The first-order valence-corrected chi connectivity index (χ1v) is 6.42. The lowest BCUT2D eigenvalue weighted by atomic mass is 9.92. The highest BCUT2D eigenvalue weighted by Crippen LogP contribution is 2.32. The first kappa shape index (κ1) is 12.1. The molecule has 1 saturated heterocycles. The van der Waals surface area contributed by atoms with Crippen LogP contribution in [0.25, 0.3) is 11.4 Å². The number of hydrogen-bond donors (Lipinski definition) is 1. The van der Waals surface area contributed by atoms with E-state index in [9.17, 15) is 0 Å². The van der Waals surface area contributed by atoms with Gasteiger partial charge in [-0.1, -0.05) is 12.1 Å². The van der Waals surface area contributed by atoms with Crippen LogP contribution in [0.5, 0.6) is 0 Å². The lowest BCUT2D eigenvalue weighted by Crippen LogP contribution is -2.38. The SMILES string of the molecule is CC1(n2nnnc2-c2ccccc2N)CCOCC1. The molecule has 19 heavy (non-hydrogen) atoms. The quantitative estimate of drug-likeness (QED) is 0.826. The second-order valence-corrected chi connectivity index (χ2v) is 5.11. The van der Waals surface area contributed by atoms with Gasteiger partial charge in [0, 0.05) is 24.5 Å². The van der Waals surface area contributed by atoms with Gasteiger partial charge >= 0.3 is 0 Å². The summed E-state index contributed by atoms with van der Waals surface area (Å²) in [7, 11) is 0. The van der Waals surface area contributed by atoms with Gasteiger partial charge in [0.2, 0.25) is 0 Å². The monoisotopic (exact) mass is 259 g/mol. The van der Waals surface area contributed by atoms with Gasteiger partial charge in [-0.25, -0.2) is 4.68 Å².